The predicted octanol–water partition coefficient (Wildman–Crippen LogP) is 5.89. The molecule has 5 heteroatoms. The second-order valence-corrected chi connectivity index (χ2v) is 9.04. The van der Waals surface area contributed by atoms with Crippen LogP contribution in [0.5, 0.6) is 0 Å². The first-order valence-corrected chi connectivity index (χ1v) is 12.2. The van der Waals surface area contributed by atoms with Gasteiger partial charge in [0.1, 0.15) is 0 Å². The van der Waals surface area contributed by atoms with Gasteiger partial charge < -0.3 is 5.11 Å². The summed E-state index contributed by atoms with van der Waals surface area (Å²) < 4.78 is 29.7. The van der Waals surface area contributed by atoms with E-state index >= 15 is 0 Å². The van der Waals surface area contributed by atoms with Crippen LogP contribution in [0.15, 0.2) is 0 Å². The van der Waals surface area contributed by atoms with Gasteiger partial charge >= 0.3 is 0 Å². The molecule has 0 saturated carbocycles. The fourth-order valence-electron chi connectivity index (χ4n) is 3.19. The monoisotopic (exact) mass is 378 g/mol. The first kappa shape index (κ1) is 24.9. The molecule has 0 heterocycles. The molecule has 0 aliphatic carbocycles. The molecule has 0 aliphatic heterocycles. The van der Waals surface area contributed by atoms with Crippen molar-refractivity contribution in [1.29, 1.82) is 0 Å². The quantitative estimate of drug-likeness (QED) is 0.217. The van der Waals surface area contributed by atoms with Gasteiger partial charge in [0, 0.05) is 0 Å². The van der Waals surface area contributed by atoms with E-state index in [9.17, 15) is 13.5 Å². The van der Waals surface area contributed by atoms with Gasteiger partial charge in [0.2, 0.25) is 0 Å². The Hall–Kier alpha value is -0.130. The lowest BCUT2D eigenvalue weighted by atomic mass is 10.0. The summed E-state index contributed by atoms with van der Waals surface area (Å²) >= 11 is 0. The highest BCUT2D eigenvalue weighted by atomic mass is 32.2. The summed E-state index contributed by atoms with van der Waals surface area (Å²) in [6, 6.07) is 0. The van der Waals surface area contributed by atoms with Crippen molar-refractivity contribution in [3.8, 4) is 0 Å². The van der Waals surface area contributed by atoms with Crippen molar-refractivity contribution < 1.29 is 18.1 Å². The van der Waals surface area contributed by atoms with E-state index in [0.717, 1.165) is 32.1 Å². The number of hydrogen-bond acceptors (Lipinski definition) is 3. The Morgan fingerprint density at radius 2 is 1.00 bits per heavy atom. The second-order valence-electron chi connectivity index (χ2n) is 7.47. The summed E-state index contributed by atoms with van der Waals surface area (Å²) in [5, 5.41) is 9.77. The van der Waals surface area contributed by atoms with E-state index in [2.05, 4.69) is 6.92 Å². The number of unbranched alkanes of at least 4 members (excludes halogenated alkanes) is 13. The molecule has 0 aromatic carbocycles. The molecule has 0 radical (unpaired) electrons. The standard InChI is InChI=1S/C20H42O4S/c1-2-3-17-20(21)18-15-13-11-9-7-5-4-6-8-10-12-14-16-19-25(22,23)24/h20-21H,2-19H2,1H3,(H,22,23,24). The number of aliphatic hydroxyl groups is 1. The average Bonchev–Trinajstić information content (AvgIpc) is 2.55. The van der Waals surface area contributed by atoms with Crippen molar-refractivity contribution in [2.45, 2.75) is 122 Å². The van der Waals surface area contributed by atoms with Gasteiger partial charge in [-0.1, -0.05) is 96.8 Å². The van der Waals surface area contributed by atoms with Crippen molar-refractivity contribution in [3.63, 3.8) is 0 Å². The first-order valence-electron chi connectivity index (χ1n) is 10.6. The van der Waals surface area contributed by atoms with Gasteiger partial charge in [-0.05, 0) is 19.3 Å². The molecule has 0 saturated heterocycles. The molecule has 0 amide bonds. The summed E-state index contributed by atoms with van der Waals surface area (Å²) in [6.45, 7) is 2.17. The number of hydrogen-bond donors (Lipinski definition) is 2. The molecule has 1 unspecified atom stereocenters. The summed E-state index contributed by atoms with van der Waals surface area (Å²) in [5.74, 6) is -0.0926. The van der Waals surface area contributed by atoms with Crippen LogP contribution in [0.25, 0.3) is 0 Å². The molecule has 0 spiro atoms. The fourth-order valence-corrected chi connectivity index (χ4v) is 3.76. The zero-order chi connectivity index (χ0) is 18.8. The molecular formula is C20H42O4S. The third-order valence-electron chi connectivity index (χ3n) is 4.83. The molecule has 0 fully saturated rings. The second kappa shape index (κ2) is 17.3. The highest BCUT2D eigenvalue weighted by Crippen LogP contribution is 2.14. The minimum Gasteiger partial charge on any atom is -0.393 e. The smallest absolute Gasteiger partial charge is 0.264 e. The molecule has 0 aliphatic rings. The predicted molar refractivity (Wildman–Crippen MR) is 107 cm³/mol. The third-order valence-corrected chi connectivity index (χ3v) is 5.64. The van der Waals surface area contributed by atoms with Crippen molar-refractivity contribution >= 4 is 10.1 Å². The van der Waals surface area contributed by atoms with E-state index in [1.54, 1.807) is 0 Å². The van der Waals surface area contributed by atoms with Crippen LogP contribution in [-0.2, 0) is 10.1 Å². The number of aliphatic hydroxyl groups excluding tert-OH is 1. The van der Waals surface area contributed by atoms with Gasteiger partial charge in [0.05, 0.1) is 11.9 Å². The van der Waals surface area contributed by atoms with Crippen LogP contribution in [0, 0.1) is 0 Å². The van der Waals surface area contributed by atoms with E-state index in [1.807, 2.05) is 0 Å². The Kier molecular flexibility index (Phi) is 17.2. The van der Waals surface area contributed by atoms with Crippen LogP contribution in [0.2, 0.25) is 0 Å². The van der Waals surface area contributed by atoms with Crippen LogP contribution in [-0.4, -0.2) is 29.9 Å². The SMILES string of the molecule is CCCCC(O)CCCCCCCCCCCCCCCS(=O)(=O)O. The minimum absolute atomic E-state index is 0.0759. The van der Waals surface area contributed by atoms with Crippen LogP contribution in [0.3, 0.4) is 0 Å². The molecule has 0 aromatic heterocycles. The van der Waals surface area contributed by atoms with Gasteiger partial charge in [-0.25, -0.2) is 0 Å². The van der Waals surface area contributed by atoms with Gasteiger partial charge in [-0.15, -0.1) is 0 Å². The number of rotatable bonds is 19. The van der Waals surface area contributed by atoms with Gasteiger partial charge in [0.15, 0.2) is 0 Å². The van der Waals surface area contributed by atoms with Crippen molar-refractivity contribution in [1.82, 2.24) is 0 Å². The fraction of sp³-hybridized carbons (Fsp3) is 1.00. The van der Waals surface area contributed by atoms with E-state index < -0.39 is 10.1 Å². The summed E-state index contributed by atoms with van der Waals surface area (Å²) in [7, 11) is -3.76. The maximum absolute atomic E-state index is 10.6. The van der Waals surface area contributed by atoms with Crippen molar-refractivity contribution in [2.24, 2.45) is 0 Å². The summed E-state index contributed by atoms with van der Waals surface area (Å²) in [6.07, 6.45) is 19.4. The van der Waals surface area contributed by atoms with Crippen molar-refractivity contribution in [3.05, 3.63) is 0 Å². The van der Waals surface area contributed by atoms with Gasteiger partial charge in [-0.3, -0.25) is 4.55 Å². The lowest BCUT2D eigenvalue weighted by Crippen LogP contribution is -2.05. The summed E-state index contributed by atoms with van der Waals surface area (Å²) in [4.78, 5) is 0. The topological polar surface area (TPSA) is 74.6 Å². The molecular weight excluding hydrogens is 336 g/mol. The van der Waals surface area contributed by atoms with Gasteiger partial charge in [-0.2, -0.15) is 8.42 Å². The minimum atomic E-state index is -3.76. The van der Waals surface area contributed by atoms with E-state index in [-0.39, 0.29) is 11.9 Å². The van der Waals surface area contributed by atoms with E-state index in [0.29, 0.717) is 6.42 Å². The van der Waals surface area contributed by atoms with Crippen LogP contribution < -0.4 is 0 Å². The van der Waals surface area contributed by atoms with E-state index in [4.69, 9.17) is 4.55 Å². The van der Waals surface area contributed by atoms with Crippen LogP contribution >= 0.6 is 0 Å². The van der Waals surface area contributed by atoms with Crippen LogP contribution in [0.4, 0.5) is 0 Å². The third kappa shape index (κ3) is 21.8. The maximum Gasteiger partial charge on any atom is 0.264 e. The molecule has 1 atom stereocenters. The zero-order valence-electron chi connectivity index (χ0n) is 16.4. The van der Waals surface area contributed by atoms with Gasteiger partial charge in [0.25, 0.3) is 10.1 Å². The largest absolute Gasteiger partial charge is 0.393 e. The molecule has 0 rings (SSSR count). The first-order chi connectivity index (χ1) is 12.0. The molecule has 0 bridgehead atoms. The molecule has 152 valence electrons. The Labute approximate surface area is 156 Å². The normalized spacial score (nSPS) is 13.2. The Bertz CT molecular complexity index is 368. The maximum atomic E-state index is 10.6. The van der Waals surface area contributed by atoms with Crippen molar-refractivity contribution in [2.75, 3.05) is 5.75 Å². The van der Waals surface area contributed by atoms with E-state index in [1.165, 1.54) is 70.6 Å². The Morgan fingerprint density at radius 1 is 0.640 bits per heavy atom. The highest BCUT2D eigenvalue weighted by molar-refractivity contribution is 7.85. The molecule has 2 N–H and O–H groups in total. The lowest BCUT2D eigenvalue weighted by Gasteiger charge is -2.09. The Balaban J connectivity index is 3.12. The lowest BCUT2D eigenvalue weighted by molar-refractivity contribution is 0.148. The summed E-state index contributed by atoms with van der Waals surface area (Å²) in [5.41, 5.74) is 0. The average molecular weight is 379 g/mol. The Morgan fingerprint density at radius 3 is 1.40 bits per heavy atom. The molecule has 25 heavy (non-hydrogen) atoms. The molecule has 4 nitrogen and oxygen atoms in total. The molecule has 0 aromatic rings. The highest BCUT2D eigenvalue weighted by Gasteiger charge is 2.03. The van der Waals surface area contributed by atoms with Crippen LogP contribution in [0.1, 0.15) is 116 Å². The zero-order valence-corrected chi connectivity index (χ0v) is 17.2.